The first-order chi connectivity index (χ1) is 5.61. The minimum absolute atomic E-state index is 0.323. The molecule has 1 amide bonds. The molecule has 0 bridgehead atoms. The lowest BCUT2D eigenvalue weighted by molar-refractivity contribution is -0.150. The van der Waals surface area contributed by atoms with Gasteiger partial charge in [-0.2, -0.15) is 0 Å². The molecule has 0 unspecified atom stereocenters. The summed E-state index contributed by atoms with van der Waals surface area (Å²) < 4.78 is 0. The van der Waals surface area contributed by atoms with Gasteiger partial charge in [0, 0.05) is 0 Å². The normalized spacial score (nSPS) is 19.6. The molecule has 1 saturated heterocycles. The van der Waals surface area contributed by atoms with Gasteiger partial charge in [0.2, 0.25) is 0 Å². The number of terminal acetylenes is 1. The van der Waals surface area contributed by atoms with E-state index < -0.39 is 5.60 Å². The van der Waals surface area contributed by atoms with E-state index >= 15 is 0 Å². The minimum Gasteiger partial charge on any atom is -0.386 e. The lowest BCUT2D eigenvalue weighted by atomic mass is 9.89. The SMILES string of the molecule is C#CC(=O)N1CC(O)(CCC)C1. The van der Waals surface area contributed by atoms with Crippen LogP contribution in [-0.2, 0) is 4.79 Å². The molecule has 0 aromatic carbocycles. The first-order valence-electron chi connectivity index (χ1n) is 4.09. The molecule has 3 heteroatoms. The zero-order chi connectivity index (χ0) is 9.19. The third-order valence-corrected chi connectivity index (χ3v) is 2.10. The number of hydrogen-bond donors (Lipinski definition) is 1. The molecule has 0 spiro atoms. The van der Waals surface area contributed by atoms with Crippen molar-refractivity contribution in [1.82, 2.24) is 4.90 Å². The molecule has 12 heavy (non-hydrogen) atoms. The second-order valence-corrected chi connectivity index (χ2v) is 3.28. The number of β-amino-alcohol motifs (C(OH)–C–C–N with tert-alkyl or cyclic N) is 1. The maximum atomic E-state index is 10.9. The minimum atomic E-state index is -0.665. The highest BCUT2D eigenvalue weighted by atomic mass is 16.3. The Bertz CT molecular complexity index is 223. The Morgan fingerprint density at radius 1 is 1.75 bits per heavy atom. The van der Waals surface area contributed by atoms with Gasteiger partial charge < -0.3 is 10.0 Å². The summed E-state index contributed by atoms with van der Waals surface area (Å²) >= 11 is 0. The van der Waals surface area contributed by atoms with Crippen LogP contribution in [0.25, 0.3) is 0 Å². The molecule has 1 rings (SSSR count). The number of amides is 1. The highest BCUT2D eigenvalue weighted by molar-refractivity contribution is 5.93. The number of likely N-dealkylation sites (tertiary alicyclic amines) is 1. The highest BCUT2D eigenvalue weighted by Crippen LogP contribution is 2.25. The maximum Gasteiger partial charge on any atom is 0.298 e. The lowest BCUT2D eigenvalue weighted by Gasteiger charge is -2.45. The Hall–Kier alpha value is -1.01. The molecule has 1 N–H and O–H groups in total. The number of rotatable bonds is 2. The van der Waals surface area contributed by atoms with Crippen molar-refractivity contribution < 1.29 is 9.90 Å². The standard InChI is InChI=1S/C9H13NO2/c1-3-5-9(12)6-10(7-9)8(11)4-2/h2,12H,3,5-7H2,1H3. The third-order valence-electron chi connectivity index (χ3n) is 2.10. The van der Waals surface area contributed by atoms with Gasteiger partial charge in [0.15, 0.2) is 0 Å². The van der Waals surface area contributed by atoms with Crippen LogP contribution in [0.2, 0.25) is 0 Å². The van der Waals surface area contributed by atoms with Gasteiger partial charge in [-0.1, -0.05) is 13.3 Å². The van der Waals surface area contributed by atoms with Gasteiger partial charge >= 0.3 is 0 Å². The molecule has 1 aliphatic heterocycles. The van der Waals surface area contributed by atoms with Crippen molar-refractivity contribution in [1.29, 1.82) is 0 Å². The summed E-state index contributed by atoms with van der Waals surface area (Å²) in [5.74, 6) is 1.70. The monoisotopic (exact) mass is 167 g/mol. The number of carbonyl (C=O) groups is 1. The summed E-state index contributed by atoms with van der Waals surface area (Å²) in [6, 6.07) is 0. The number of hydrogen-bond acceptors (Lipinski definition) is 2. The number of aliphatic hydroxyl groups is 1. The zero-order valence-corrected chi connectivity index (χ0v) is 7.21. The molecular weight excluding hydrogens is 154 g/mol. The summed E-state index contributed by atoms with van der Waals surface area (Å²) in [5.41, 5.74) is -0.665. The van der Waals surface area contributed by atoms with Crippen molar-refractivity contribution in [2.75, 3.05) is 13.1 Å². The van der Waals surface area contributed by atoms with Crippen molar-refractivity contribution >= 4 is 5.91 Å². The Morgan fingerprint density at radius 3 is 2.75 bits per heavy atom. The quantitative estimate of drug-likeness (QED) is 0.588. The van der Waals surface area contributed by atoms with E-state index in [-0.39, 0.29) is 5.91 Å². The van der Waals surface area contributed by atoms with E-state index in [1.165, 1.54) is 4.90 Å². The first kappa shape index (κ1) is 9.08. The van der Waals surface area contributed by atoms with Crippen LogP contribution in [-0.4, -0.2) is 34.6 Å². The Balaban J connectivity index is 2.37. The van der Waals surface area contributed by atoms with E-state index in [2.05, 4.69) is 0 Å². The zero-order valence-electron chi connectivity index (χ0n) is 7.21. The summed E-state index contributed by atoms with van der Waals surface area (Å²) in [6.45, 7) is 2.79. The molecule has 0 radical (unpaired) electrons. The topological polar surface area (TPSA) is 40.5 Å². The van der Waals surface area contributed by atoms with Crippen LogP contribution in [0, 0.1) is 12.3 Å². The van der Waals surface area contributed by atoms with Gasteiger partial charge in [0.25, 0.3) is 5.91 Å². The second-order valence-electron chi connectivity index (χ2n) is 3.28. The summed E-state index contributed by atoms with van der Waals surface area (Å²) in [6.07, 6.45) is 6.58. The molecule has 0 atom stereocenters. The van der Waals surface area contributed by atoms with Crippen molar-refractivity contribution in [2.45, 2.75) is 25.4 Å². The molecule has 0 saturated carbocycles. The first-order valence-corrected chi connectivity index (χ1v) is 4.09. The van der Waals surface area contributed by atoms with Gasteiger partial charge in [-0.25, -0.2) is 0 Å². The van der Waals surface area contributed by atoms with E-state index in [9.17, 15) is 9.90 Å². The van der Waals surface area contributed by atoms with E-state index in [4.69, 9.17) is 6.42 Å². The Labute approximate surface area is 72.4 Å². The molecule has 0 aromatic heterocycles. The second kappa shape index (κ2) is 3.16. The van der Waals surface area contributed by atoms with Crippen LogP contribution in [0.1, 0.15) is 19.8 Å². The van der Waals surface area contributed by atoms with E-state index in [0.717, 1.165) is 12.8 Å². The molecule has 1 aliphatic rings. The van der Waals surface area contributed by atoms with E-state index in [0.29, 0.717) is 13.1 Å². The van der Waals surface area contributed by atoms with Gasteiger partial charge in [0.1, 0.15) is 0 Å². The number of nitrogens with zero attached hydrogens (tertiary/aromatic N) is 1. The van der Waals surface area contributed by atoms with Crippen molar-refractivity contribution in [3.8, 4) is 12.3 Å². The van der Waals surface area contributed by atoms with Crippen LogP contribution in [0.15, 0.2) is 0 Å². The predicted octanol–water partition coefficient (Wildman–Crippen LogP) is -0.00700. The van der Waals surface area contributed by atoms with Crippen LogP contribution in [0.4, 0.5) is 0 Å². The Kier molecular flexibility index (Phi) is 2.39. The molecule has 3 nitrogen and oxygen atoms in total. The average Bonchev–Trinajstić information content (AvgIpc) is 1.99. The molecule has 0 aromatic rings. The molecule has 0 aliphatic carbocycles. The fourth-order valence-corrected chi connectivity index (χ4v) is 1.52. The predicted molar refractivity (Wildman–Crippen MR) is 45.3 cm³/mol. The van der Waals surface area contributed by atoms with E-state index in [1.54, 1.807) is 0 Å². The van der Waals surface area contributed by atoms with Crippen LogP contribution in [0.3, 0.4) is 0 Å². The maximum absolute atomic E-state index is 10.9. The lowest BCUT2D eigenvalue weighted by Crippen LogP contribution is -2.63. The van der Waals surface area contributed by atoms with Crippen molar-refractivity contribution in [3.63, 3.8) is 0 Å². The van der Waals surface area contributed by atoms with Gasteiger partial charge in [0.05, 0.1) is 18.7 Å². The van der Waals surface area contributed by atoms with Crippen LogP contribution < -0.4 is 0 Å². The van der Waals surface area contributed by atoms with Crippen molar-refractivity contribution in [3.05, 3.63) is 0 Å². The van der Waals surface area contributed by atoms with Gasteiger partial charge in [-0.3, -0.25) is 4.79 Å². The third kappa shape index (κ3) is 1.59. The molecule has 66 valence electrons. The van der Waals surface area contributed by atoms with Gasteiger partial charge in [-0.05, 0) is 12.3 Å². The fourth-order valence-electron chi connectivity index (χ4n) is 1.52. The molecular formula is C9H13NO2. The summed E-state index contributed by atoms with van der Waals surface area (Å²) in [4.78, 5) is 12.3. The fraction of sp³-hybridized carbons (Fsp3) is 0.667. The highest BCUT2D eigenvalue weighted by Gasteiger charge is 2.42. The smallest absolute Gasteiger partial charge is 0.298 e. The summed E-state index contributed by atoms with van der Waals surface area (Å²) in [5, 5.41) is 9.66. The number of carbonyl (C=O) groups excluding carboxylic acids is 1. The molecule has 1 heterocycles. The van der Waals surface area contributed by atoms with Crippen LogP contribution >= 0.6 is 0 Å². The van der Waals surface area contributed by atoms with E-state index in [1.807, 2.05) is 12.8 Å². The largest absolute Gasteiger partial charge is 0.386 e. The van der Waals surface area contributed by atoms with Crippen LogP contribution in [0.5, 0.6) is 0 Å². The average molecular weight is 167 g/mol. The molecule has 1 fully saturated rings. The van der Waals surface area contributed by atoms with Gasteiger partial charge in [-0.15, -0.1) is 6.42 Å². The summed E-state index contributed by atoms with van der Waals surface area (Å²) in [7, 11) is 0. The van der Waals surface area contributed by atoms with Crippen molar-refractivity contribution in [2.24, 2.45) is 0 Å². The Morgan fingerprint density at radius 2 is 2.33 bits per heavy atom.